The summed E-state index contributed by atoms with van der Waals surface area (Å²) in [7, 11) is 0. The molecule has 3 aliphatic rings. The summed E-state index contributed by atoms with van der Waals surface area (Å²) in [6, 6.07) is 7.47. The van der Waals surface area contributed by atoms with Gasteiger partial charge in [0.15, 0.2) is 0 Å². The van der Waals surface area contributed by atoms with E-state index in [0.717, 1.165) is 43.0 Å². The van der Waals surface area contributed by atoms with Crippen LogP contribution in [0.3, 0.4) is 0 Å². The zero-order valence-corrected chi connectivity index (χ0v) is 14.3. The van der Waals surface area contributed by atoms with Crippen LogP contribution in [-0.4, -0.2) is 27.5 Å². The van der Waals surface area contributed by atoms with Crippen LogP contribution in [0.15, 0.2) is 36.5 Å². The van der Waals surface area contributed by atoms with Crippen molar-refractivity contribution in [3.63, 3.8) is 0 Å². The number of nitrogens with one attached hydrogen (secondary N) is 2. The highest BCUT2D eigenvalue weighted by Crippen LogP contribution is 2.34. The Morgan fingerprint density at radius 3 is 2.77 bits per heavy atom. The Morgan fingerprint density at radius 2 is 2.00 bits per heavy atom. The highest BCUT2D eigenvalue weighted by molar-refractivity contribution is 5.71. The van der Waals surface area contributed by atoms with Crippen molar-refractivity contribution in [1.82, 2.24) is 20.3 Å². The molecule has 0 aromatic heterocycles. The van der Waals surface area contributed by atoms with Crippen molar-refractivity contribution in [1.29, 1.82) is 0 Å². The summed E-state index contributed by atoms with van der Waals surface area (Å²) < 4.78 is 38.8. The molecule has 3 aliphatic heterocycles. The number of benzene rings is 1. The second-order valence-corrected chi connectivity index (χ2v) is 6.86. The van der Waals surface area contributed by atoms with Crippen molar-refractivity contribution in [2.24, 2.45) is 0 Å². The average Bonchev–Trinajstić information content (AvgIpc) is 3.04. The van der Waals surface area contributed by atoms with Crippen molar-refractivity contribution in [2.45, 2.75) is 37.9 Å². The third-order valence-corrected chi connectivity index (χ3v) is 4.88. The summed E-state index contributed by atoms with van der Waals surface area (Å²) in [6.45, 7) is 3.11. The third-order valence-electron chi connectivity index (χ3n) is 4.88. The van der Waals surface area contributed by atoms with E-state index in [1.807, 2.05) is 0 Å². The summed E-state index contributed by atoms with van der Waals surface area (Å²) >= 11 is 0. The highest BCUT2D eigenvalue weighted by atomic mass is 19.4. The van der Waals surface area contributed by atoms with Crippen molar-refractivity contribution in [3.8, 4) is 22.6 Å². The largest absolute Gasteiger partial charge is 0.416 e. The number of rotatable bonds is 2. The molecule has 1 aromatic rings. The standard InChI is InChI=1S/C19H19F3N4/c1-11-7-13(5-6-23-11)18-24-10-17-16(26-18)9-15(25-17)12-3-2-4-14(8-12)19(20,21)22/h2-4,8-11,13,23H,5-7H2,1H3,(H,24,26). The first kappa shape index (κ1) is 17.0. The van der Waals surface area contributed by atoms with Crippen molar-refractivity contribution >= 4 is 0 Å². The molecule has 26 heavy (non-hydrogen) atoms. The maximum absolute atomic E-state index is 12.9. The maximum Gasteiger partial charge on any atom is 0.416 e. The van der Waals surface area contributed by atoms with Gasteiger partial charge in [-0.05, 0) is 44.5 Å². The fourth-order valence-electron chi connectivity index (χ4n) is 3.52. The minimum Gasteiger partial charge on any atom is -0.342 e. The number of hydrogen-bond donors (Lipinski definition) is 2. The van der Waals surface area contributed by atoms with Crippen LogP contribution in [0.2, 0.25) is 0 Å². The van der Waals surface area contributed by atoms with Gasteiger partial charge in [-0.1, -0.05) is 12.1 Å². The van der Waals surface area contributed by atoms with Gasteiger partial charge in [-0.2, -0.15) is 13.2 Å². The maximum atomic E-state index is 12.9. The van der Waals surface area contributed by atoms with Crippen LogP contribution in [-0.2, 0) is 6.18 Å². The van der Waals surface area contributed by atoms with E-state index in [1.165, 1.54) is 6.07 Å². The number of hydrogen-bond acceptors (Lipinski definition) is 3. The lowest BCUT2D eigenvalue weighted by molar-refractivity contribution is -0.137. The minimum absolute atomic E-state index is 0.350. The Labute approximate surface area is 149 Å². The molecule has 0 radical (unpaired) electrons. The molecular weight excluding hydrogens is 341 g/mol. The lowest BCUT2D eigenvalue weighted by Gasteiger charge is -2.27. The van der Waals surface area contributed by atoms with Gasteiger partial charge >= 0.3 is 6.18 Å². The van der Waals surface area contributed by atoms with Gasteiger partial charge in [0.1, 0.15) is 11.5 Å². The number of fused-ring (bicyclic) bond motifs is 1. The molecule has 4 nitrogen and oxygen atoms in total. The number of aromatic amines is 1. The molecule has 3 heterocycles. The van der Waals surface area contributed by atoms with Gasteiger partial charge in [-0.25, -0.2) is 9.97 Å². The molecule has 1 aromatic carbocycles. The molecule has 2 unspecified atom stereocenters. The van der Waals surface area contributed by atoms with Gasteiger partial charge in [-0.15, -0.1) is 0 Å². The van der Waals surface area contributed by atoms with Gasteiger partial charge in [-0.3, -0.25) is 0 Å². The fraction of sp³-hybridized carbons (Fsp3) is 0.368. The first-order valence-electron chi connectivity index (χ1n) is 8.67. The summed E-state index contributed by atoms with van der Waals surface area (Å²) in [5.74, 6) is 1.26. The molecular formula is C19H19F3N4. The van der Waals surface area contributed by atoms with Crippen LogP contribution in [0, 0.1) is 0 Å². The molecule has 136 valence electrons. The van der Waals surface area contributed by atoms with E-state index >= 15 is 0 Å². The van der Waals surface area contributed by atoms with E-state index in [0.29, 0.717) is 28.9 Å². The molecule has 0 bridgehead atoms. The van der Waals surface area contributed by atoms with E-state index in [1.54, 1.807) is 18.3 Å². The topological polar surface area (TPSA) is 53.6 Å². The Morgan fingerprint density at radius 1 is 1.15 bits per heavy atom. The van der Waals surface area contributed by atoms with Crippen molar-refractivity contribution in [3.05, 3.63) is 47.9 Å². The van der Waals surface area contributed by atoms with Crippen LogP contribution in [0.1, 0.15) is 37.1 Å². The fourth-order valence-corrected chi connectivity index (χ4v) is 3.52. The first-order chi connectivity index (χ1) is 12.4. The van der Waals surface area contributed by atoms with Crippen LogP contribution in [0.25, 0.3) is 22.6 Å². The zero-order valence-electron chi connectivity index (χ0n) is 14.3. The molecule has 2 N–H and O–H groups in total. The lowest BCUT2D eigenvalue weighted by Crippen LogP contribution is -2.35. The number of nitrogens with zero attached hydrogens (tertiary/aromatic N) is 2. The van der Waals surface area contributed by atoms with E-state index < -0.39 is 11.7 Å². The number of alkyl halides is 3. The molecule has 0 saturated carbocycles. The molecule has 0 spiro atoms. The van der Waals surface area contributed by atoms with Gasteiger partial charge < -0.3 is 10.3 Å². The van der Waals surface area contributed by atoms with Crippen LogP contribution < -0.4 is 5.32 Å². The number of H-pyrrole nitrogens is 1. The van der Waals surface area contributed by atoms with Crippen LogP contribution in [0.5, 0.6) is 0 Å². The zero-order chi connectivity index (χ0) is 18.3. The van der Waals surface area contributed by atoms with Gasteiger partial charge in [0.25, 0.3) is 0 Å². The molecule has 1 fully saturated rings. The lowest BCUT2D eigenvalue weighted by atomic mass is 9.92. The summed E-state index contributed by atoms with van der Waals surface area (Å²) in [4.78, 5) is 12.3. The number of aromatic nitrogens is 3. The molecule has 7 heteroatoms. The molecule has 4 rings (SSSR count). The van der Waals surface area contributed by atoms with Crippen LogP contribution in [0.4, 0.5) is 13.2 Å². The number of halogens is 3. The Balaban J connectivity index is 1.67. The molecule has 0 amide bonds. The molecule has 0 aliphatic carbocycles. The van der Waals surface area contributed by atoms with Gasteiger partial charge in [0.2, 0.25) is 0 Å². The predicted molar refractivity (Wildman–Crippen MR) is 92.9 cm³/mol. The van der Waals surface area contributed by atoms with Gasteiger partial charge in [0, 0.05) is 17.5 Å². The van der Waals surface area contributed by atoms with E-state index in [4.69, 9.17) is 0 Å². The highest BCUT2D eigenvalue weighted by Gasteiger charge is 2.30. The smallest absolute Gasteiger partial charge is 0.342 e. The first-order valence-corrected chi connectivity index (χ1v) is 8.67. The van der Waals surface area contributed by atoms with Gasteiger partial charge in [0.05, 0.1) is 23.1 Å². The monoisotopic (exact) mass is 360 g/mol. The van der Waals surface area contributed by atoms with Crippen molar-refractivity contribution < 1.29 is 13.2 Å². The van der Waals surface area contributed by atoms with Crippen molar-refractivity contribution in [2.75, 3.05) is 6.54 Å². The average molecular weight is 360 g/mol. The van der Waals surface area contributed by atoms with E-state index in [9.17, 15) is 13.2 Å². The summed E-state index contributed by atoms with van der Waals surface area (Å²) in [5.41, 5.74) is 1.74. The Hall–Kier alpha value is -2.41. The normalized spacial score (nSPS) is 21.2. The Kier molecular flexibility index (Phi) is 4.19. The summed E-state index contributed by atoms with van der Waals surface area (Å²) in [6.07, 6.45) is -0.656. The number of piperidine rings is 1. The quantitative estimate of drug-likeness (QED) is 0.710. The molecule has 1 saturated heterocycles. The SMILES string of the molecule is CC1CC(c2ncc3nc(-c4cccc(C(F)(F)F)c4)cc-3[nH]2)CCN1. The van der Waals surface area contributed by atoms with Crippen LogP contribution >= 0.6 is 0 Å². The van der Waals surface area contributed by atoms with E-state index in [-0.39, 0.29) is 0 Å². The minimum atomic E-state index is -4.37. The summed E-state index contributed by atoms with van der Waals surface area (Å²) in [5, 5.41) is 3.42. The Bertz CT molecular complexity index is 887. The third kappa shape index (κ3) is 3.31. The predicted octanol–water partition coefficient (Wildman–Crippen LogP) is 4.45. The second-order valence-electron chi connectivity index (χ2n) is 6.86. The molecule has 2 atom stereocenters. The van der Waals surface area contributed by atoms with E-state index in [2.05, 4.69) is 27.2 Å². The second kappa shape index (κ2) is 6.39.